The minimum Gasteiger partial charge on any atom is -0.493 e. The van der Waals surface area contributed by atoms with Crippen molar-refractivity contribution in [3.63, 3.8) is 0 Å². The highest BCUT2D eigenvalue weighted by molar-refractivity contribution is 8.13. The molecule has 1 rings (SSSR count). The van der Waals surface area contributed by atoms with E-state index in [9.17, 15) is 21.6 Å². The first-order valence-corrected chi connectivity index (χ1v) is 6.40. The summed E-state index contributed by atoms with van der Waals surface area (Å²) >= 11 is 0. The Morgan fingerprint density at radius 1 is 1.44 bits per heavy atom. The maximum Gasteiger partial charge on any atom is 0.573 e. The molecule has 0 atom stereocenters. The van der Waals surface area contributed by atoms with Crippen molar-refractivity contribution in [1.29, 1.82) is 0 Å². The second-order valence-corrected chi connectivity index (χ2v) is 5.34. The van der Waals surface area contributed by atoms with E-state index in [-0.39, 0.29) is 5.75 Å². The summed E-state index contributed by atoms with van der Waals surface area (Å²) in [4.78, 5) is 3.22. The Kier molecular flexibility index (Phi) is 3.81. The van der Waals surface area contributed by atoms with E-state index in [4.69, 9.17) is 16.4 Å². The minimum atomic E-state index is -5.15. The summed E-state index contributed by atoms with van der Waals surface area (Å²) < 4.78 is 66.6. The van der Waals surface area contributed by atoms with Crippen LogP contribution < -0.4 is 15.2 Å². The monoisotopic (exact) mass is 306 g/mol. The number of nitrogens with zero attached hydrogens (tertiary/aromatic N) is 1. The highest BCUT2D eigenvalue weighted by atomic mass is 35.7. The maximum atomic E-state index is 12.1. The van der Waals surface area contributed by atoms with Crippen LogP contribution in [0.1, 0.15) is 0 Å². The molecule has 1 aromatic rings. The summed E-state index contributed by atoms with van der Waals surface area (Å²) in [6.45, 7) is 0. The first kappa shape index (κ1) is 14.6. The van der Waals surface area contributed by atoms with Crippen molar-refractivity contribution in [1.82, 2.24) is 4.98 Å². The van der Waals surface area contributed by atoms with Gasteiger partial charge in [-0.2, -0.15) is 0 Å². The summed E-state index contributed by atoms with van der Waals surface area (Å²) in [5.41, 5.74) is 4.61. The van der Waals surface area contributed by atoms with Crippen molar-refractivity contribution in [2.24, 2.45) is 0 Å². The van der Waals surface area contributed by atoms with E-state index in [0.29, 0.717) is 0 Å². The Hall–Kier alpha value is -1.42. The standard InChI is InChI=1S/C7H6ClF3N2O4S/c1-16-3-2-13-6(18(8,14)15)5(4(3)12)17-7(9,10)11/h2H,1H3,(H2,12,13). The molecular weight excluding hydrogens is 301 g/mol. The third kappa shape index (κ3) is 3.29. The first-order chi connectivity index (χ1) is 8.06. The van der Waals surface area contributed by atoms with Gasteiger partial charge in [0.2, 0.25) is 5.03 Å². The Morgan fingerprint density at radius 3 is 2.39 bits per heavy atom. The second-order valence-electron chi connectivity index (χ2n) is 2.86. The van der Waals surface area contributed by atoms with Crippen LogP contribution in [0.15, 0.2) is 11.2 Å². The molecule has 0 radical (unpaired) electrons. The number of aromatic nitrogens is 1. The summed E-state index contributed by atoms with van der Waals surface area (Å²) in [6.07, 6.45) is -4.34. The van der Waals surface area contributed by atoms with Gasteiger partial charge in [-0.3, -0.25) is 0 Å². The number of hydrogen-bond donors (Lipinski definition) is 1. The van der Waals surface area contributed by atoms with Crippen LogP contribution in [0, 0.1) is 0 Å². The van der Waals surface area contributed by atoms with Gasteiger partial charge in [0.15, 0.2) is 11.5 Å². The van der Waals surface area contributed by atoms with Gasteiger partial charge in [-0.05, 0) is 0 Å². The first-order valence-electron chi connectivity index (χ1n) is 4.09. The van der Waals surface area contributed by atoms with E-state index in [1.54, 1.807) is 0 Å². The fraction of sp³-hybridized carbons (Fsp3) is 0.286. The summed E-state index contributed by atoms with van der Waals surface area (Å²) in [5.74, 6) is -1.50. The minimum absolute atomic E-state index is 0.279. The van der Waals surface area contributed by atoms with Crippen LogP contribution in [0.3, 0.4) is 0 Å². The lowest BCUT2D eigenvalue weighted by Gasteiger charge is -2.14. The molecule has 0 bridgehead atoms. The molecule has 0 aliphatic rings. The molecule has 11 heteroatoms. The smallest absolute Gasteiger partial charge is 0.493 e. The number of methoxy groups -OCH3 is 1. The van der Waals surface area contributed by atoms with E-state index in [0.717, 1.165) is 13.3 Å². The zero-order valence-corrected chi connectivity index (χ0v) is 10.2. The van der Waals surface area contributed by atoms with Gasteiger partial charge in [0, 0.05) is 10.7 Å². The predicted molar refractivity (Wildman–Crippen MR) is 54.9 cm³/mol. The number of pyridine rings is 1. The van der Waals surface area contributed by atoms with Crippen molar-refractivity contribution in [3.8, 4) is 11.5 Å². The maximum absolute atomic E-state index is 12.1. The lowest BCUT2D eigenvalue weighted by atomic mass is 10.3. The molecule has 1 aromatic heterocycles. The lowest BCUT2D eigenvalue weighted by molar-refractivity contribution is -0.275. The molecule has 0 aliphatic heterocycles. The third-order valence-corrected chi connectivity index (χ3v) is 2.86. The Morgan fingerprint density at radius 2 is 2.00 bits per heavy atom. The van der Waals surface area contributed by atoms with E-state index in [2.05, 4.69) is 14.5 Å². The van der Waals surface area contributed by atoms with Crippen molar-refractivity contribution in [3.05, 3.63) is 6.20 Å². The third-order valence-electron chi connectivity index (χ3n) is 1.67. The molecule has 0 unspecified atom stereocenters. The van der Waals surface area contributed by atoms with Crippen LogP contribution in [-0.4, -0.2) is 26.9 Å². The quantitative estimate of drug-likeness (QED) is 0.851. The Bertz CT molecular complexity index is 561. The molecule has 1 heterocycles. The van der Waals surface area contributed by atoms with E-state index in [1.165, 1.54) is 0 Å². The van der Waals surface area contributed by atoms with Crippen LogP contribution in [0.5, 0.6) is 11.5 Å². The number of nitrogen functional groups attached to an aromatic ring is 1. The average Bonchev–Trinajstić information content (AvgIpc) is 2.17. The normalized spacial score (nSPS) is 12.3. The SMILES string of the molecule is COc1cnc(S(=O)(=O)Cl)c(OC(F)(F)F)c1N. The van der Waals surface area contributed by atoms with Gasteiger partial charge >= 0.3 is 6.36 Å². The van der Waals surface area contributed by atoms with Crippen molar-refractivity contribution >= 4 is 25.4 Å². The van der Waals surface area contributed by atoms with Gasteiger partial charge in [0.1, 0.15) is 5.69 Å². The largest absolute Gasteiger partial charge is 0.573 e. The predicted octanol–water partition coefficient (Wildman–Crippen LogP) is 1.50. The summed E-state index contributed by atoms with van der Waals surface area (Å²) in [5, 5.41) is -1.14. The average molecular weight is 307 g/mol. The summed E-state index contributed by atoms with van der Waals surface area (Å²) in [7, 11) is 1.48. The van der Waals surface area contributed by atoms with E-state index >= 15 is 0 Å². The van der Waals surface area contributed by atoms with Crippen molar-refractivity contribution in [2.45, 2.75) is 11.4 Å². The van der Waals surface area contributed by atoms with Crippen LogP contribution >= 0.6 is 10.7 Å². The Labute approximate surface area is 104 Å². The van der Waals surface area contributed by atoms with Crippen molar-refractivity contribution in [2.75, 3.05) is 12.8 Å². The number of nitrogens with two attached hydrogens (primary N) is 1. The highest BCUT2D eigenvalue weighted by Gasteiger charge is 2.36. The zero-order chi connectivity index (χ0) is 14.1. The van der Waals surface area contributed by atoms with E-state index in [1.807, 2.05) is 0 Å². The van der Waals surface area contributed by atoms with Crippen LogP contribution in [-0.2, 0) is 9.05 Å². The molecule has 0 amide bonds. The molecule has 18 heavy (non-hydrogen) atoms. The zero-order valence-electron chi connectivity index (χ0n) is 8.66. The van der Waals surface area contributed by atoms with Gasteiger partial charge < -0.3 is 15.2 Å². The number of ether oxygens (including phenoxy) is 2. The van der Waals surface area contributed by atoms with Gasteiger partial charge in [0.05, 0.1) is 13.3 Å². The number of alkyl halides is 3. The van der Waals surface area contributed by atoms with Gasteiger partial charge in [-0.1, -0.05) is 0 Å². The molecule has 0 saturated heterocycles. The Balaban J connectivity index is 3.51. The van der Waals surface area contributed by atoms with Crippen LogP contribution in [0.2, 0.25) is 0 Å². The van der Waals surface area contributed by atoms with Gasteiger partial charge in [0.25, 0.3) is 9.05 Å². The molecule has 0 fully saturated rings. The molecule has 6 nitrogen and oxygen atoms in total. The van der Waals surface area contributed by atoms with Crippen LogP contribution in [0.4, 0.5) is 18.9 Å². The topological polar surface area (TPSA) is 91.5 Å². The van der Waals surface area contributed by atoms with Crippen molar-refractivity contribution < 1.29 is 31.1 Å². The lowest BCUT2D eigenvalue weighted by Crippen LogP contribution is -2.20. The number of anilines is 1. The molecule has 0 saturated carbocycles. The molecule has 0 aromatic carbocycles. The van der Waals surface area contributed by atoms with Gasteiger partial charge in [-0.25, -0.2) is 13.4 Å². The van der Waals surface area contributed by atoms with Gasteiger partial charge in [-0.15, -0.1) is 13.2 Å². The summed E-state index contributed by atoms with van der Waals surface area (Å²) in [6, 6.07) is 0. The molecule has 102 valence electrons. The molecule has 2 N–H and O–H groups in total. The number of hydrogen-bond acceptors (Lipinski definition) is 6. The fourth-order valence-electron chi connectivity index (χ4n) is 1.02. The molecule has 0 aliphatic carbocycles. The van der Waals surface area contributed by atoms with E-state index < -0.39 is 31.9 Å². The highest BCUT2D eigenvalue weighted by Crippen LogP contribution is 2.39. The van der Waals surface area contributed by atoms with Crippen LogP contribution in [0.25, 0.3) is 0 Å². The molecular formula is C7H6ClF3N2O4S. The number of halogens is 4. The molecule has 0 spiro atoms. The fourth-order valence-corrected chi connectivity index (χ4v) is 1.90. The number of rotatable bonds is 3. The second kappa shape index (κ2) is 4.69.